The summed E-state index contributed by atoms with van der Waals surface area (Å²) in [5, 5.41) is 15.9. The topological polar surface area (TPSA) is 93.3 Å². The number of benzene rings is 3. The quantitative estimate of drug-likeness (QED) is 0.413. The lowest BCUT2D eigenvalue weighted by atomic mass is 10.2. The number of halogens is 1. The highest BCUT2D eigenvalue weighted by molar-refractivity contribution is 6.30. The van der Waals surface area contributed by atoms with Crippen molar-refractivity contribution in [1.82, 2.24) is 19.2 Å². The summed E-state index contributed by atoms with van der Waals surface area (Å²) >= 11 is 5.91. The molecule has 0 spiro atoms. The summed E-state index contributed by atoms with van der Waals surface area (Å²) in [6, 6.07) is 21.5. The predicted molar refractivity (Wildman–Crippen MR) is 129 cm³/mol. The Hall–Kier alpha value is -4.17. The van der Waals surface area contributed by atoms with Gasteiger partial charge in [-0.15, -0.1) is 10.2 Å². The lowest BCUT2D eigenvalue weighted by Crippen LogP contribution is -2.20. The molecule has 2 heterocycles. The molecule has 0 saturated carbocycles. The summed E-state index contributed by atoms with van der Waals surface area (Å²) in [6.45, 7) is 0.331. The number of hydrogen-bond acceptors (Lipinski definition) is 5. The molecule has 0 aliphatic heterocycles. The van der Waals surface area contributed by atoms with E-state index in [1.165, 1.54) is 4.57 Å². The van der Waals surface area contributed by atoms with Gasteiger partial charge in [0, 0.05) is 17.6 Å². The van der Waals surface area contributed by atoms with E-state index in [4.69, 9.17) is 11.6 Å². The number of fused-ring (bicyclic) bond motifs is 3. The molecule has 0 unspecified atom stereocenters. The van der Waals surface area contributed by atoms with Crippen LogP contribution in [-0.4, -0.2) is 25.1 Å². The number of amides is 1. The molecule has 5 aromatic rings. The van der Waals surface area contributed by atoms with Crippen LogP contribution in [0, 0.1) is 0 Å². The highest BCUT2D eigenvalue weighted by Crippen LogP contribution is 2.23. The van der Waals surface area contributed by atoms with Crippen molar-refractivity contribution < 1.29 is 4.79 Å². The first-order chi connectivity index (χ1) is 16.0. The maximum absolute atomic E-state index is 12.7. The smallest absolute Gasteiger partial charge is 0.262 e. The number of nitrogens with zero attached hydrogens (tertiary/aromatic N) is 4. The van der Waals surface area contributed by atoms with Gasteiger partial charge in [-0.2, -0.15) is 0 Å². The highest BCUT2D eigenvalue weighted by atomic mass is 35.5. The van der Waals surface area contributed by atoms with Gasteiger partial charge >= 0.3 is 0 Å². The number of carbonyl (C=O) groups excluding carboxylic acids is 1. The van der Waals surface area contributed by atoms with Crippen LogP contribution in [0.3, 0.4) is 0 Å². The summed E-state index contributed by atoms with van der Waals surface area (Å²) in [5.74, 6) is 0.852. The van der Waals surface area contributed by atoms with Gasteiger partial charge in [0.15, 0.2) is 5.82 Å². The van der Waals surface area contributed by atoms with Crippen LogP contribution in [0.25, 0.3) is 16.7 Å². The van der Waals surface area contributed by atoms with E-state index in [9.17, 15) is 9.59 Å². The Morgan fingerprint density at radius 1 is 0.939 bits per heavy atom. The molecule has 2 N–H and O–H groups in total. The Morgan fingerprint density at radius 2 is 1.64 bits per heavy atom. The summed E-state index contributed by atoms with van der Waals surface area (Å²) in [4.78, 5) is 25.3. The number of para-hydroxylation sites is 3. The first-order valence-corrected chi connectivity index (χ1v) is 10.6. The van der Waals surface area contributed by atoms with Gasteiger partial charge in [-0.05, 0) is 48.5 Å². The molecule has 0 radical (unpaired) electrons. The minimum absolute atomic E-state index is 0.125. The van der Waals surface area contributed by atoms with Crippen molar-refractivity contribution in [2.45, 2.75) is 6.54 Å². The molecule has 8 nitrogen and oxygen atoms in total. The van der Waals surface area contributed by atoms with E-state index >= 15 is 0 Å². The molecule has 164 valence electrons. The van der Waals surface area contributed by atoms with Crippen molar-refractivity contribution in [3.63, 3.8) is 0 Å². The SMILES string of the molecule is Cn1c(=O)c2ccccc2n2c(CNc3ccccc3NC(=O)c3ccc(Cl)cc3)nnc12. The standard InChI is InChI=1S/C24H19ClN6O2/c1-30-23(33)17-6-2-5-9-20(17)31-21(28-29-24(30)31)14-26-18-7-3-4-8-19(18)27-22(32)15-10-12-16(25)13-11-15/h2-13,26H,14H2,1H3,(H,27,32). The Bertz CT molecular complexity index is 1560. The number of nitrogens with one attached hydrogen (secondary N) is 2. The fraction of sp³-hybridized carbons (Fsp3) is 0.0833. The molecule has 0 aliphatic carbocycles. The van der Waals surface area contributed by atoms with E-state index in [1.54, 1.807) is 37.4 Å². The van der Waals surface area contributed by atoms with Crippen molar-refractivity contribution in [3.05, 3.63) is 99.6 Å². The van der Waals surface area contributed by atoms with Crippen LogP contribution in [0.4, 0.5) is 11.4 Å². The van der Waals surface area contributed by atoms with Crippen LogP contribution in [0.15, 0.2) is 77.6 Å². The van der Waals surface area contributed by atoms with E-state index < -0.39 is 0 Å². The number of carbonyl (C=O) groups is 1. The molecular formula is C24H19ClN6O2. The van der Waals surface area contributed by atoms with Gasteiger partial charge < -0.3 is 10.6 Å². The summed E-state index contributed by atoms with van der Waals surface area (Å²) < 4.78 is 3.34. The minimum atomic E-state index is -0.241. The second-order valence-electron chi connectivity index (χ2n) is 7.49. The molecule has 9 heteroatoms. The third kappa shape index (κ3) is 3.81. The van der Waals surface area contributed by atoms with Gasteiger partial charge in [-0.3, -0.25) is 18.6 Å². The average Bonchev–Trinajstić information content (AvgIpc) is 3.26. The van der Waals surface area contributed by atoms with Crippen molar-refractivity contribution in [1.29, 1.82) is 0 Å². The molecule has 3 aromatic carbocycles. The molecule has 5 rings (SSSR count). The van der Waals surface area contributed by atoms with Crippen molar-refractivity contribution >= 4 is 45.6 Å². The molecule has 0 fully saturated rings. The lowest BCUT2D eigenvalue weighted by Gasteiger charge is -2.13. The van der Waals surface area contributed by atoms with Gasteiger partial charge in [0.2, 0.25) is 5.78 Å². The maximum atomic E-state index is 12.7. The van der Waals surface area contributed by atoms with Crippen LogP contribution in [0.5, 0.6) is 0 Å². The largest absolute Gasteiger partial charge is 0.376 e. The Morgan fingerprint density at radius 3 is 2.42 bits per heavy atom. The summed E-state index contributed by atoms with van der Waals surface area (Å²) in [6.07, 6.45) is 0. The van der Waals surface area contributed by atoms with E-state index in [1.807, 2.05) is 46.9 Å². The number of hydrogen-bond donors (Lipinski definition) is 2. The molecule has 0 aliphatic rings. The monoisotopic (exact) mass is 458 g/mol. The fourth-order valence-corrected chi connectivity index (χ4v) is 3.85. The number of rotatable bonds is 5. The number of aryl methyl sites for hydroxylation is 1. The van der Waals surface area contributed by atoms with E-state index in [0.29, 0.717) is 39.8 Å². The zero-order chi connectivity index (χ0) is 22.9. The highest BCUT2D eigenvalue weighted by Gasteiger charge is 2.15. The van der Waals surface area contributed by atoms with Gasteiger partial charge in [0.1, 0.15) is 0 Å². The molecule has 0 bridgehead atoms. The number of anilines is 2. The van der Waals surface area contributed by atoms with Gasteiger partial charge in [0.25, 0.3) is 11.5 Å². The second-order valence-corrected chi connectivity index (χ2v) is 7.93. The molecule has 1 amide bonds. The van der Waals surface area contributed by atoms with Crippen LogP contribution < -0.4 is 16.2 Å². The predicted octanol–water partition coefficient (Wildman–Crippen LogP) is 4.10. The average molecular weight is 459 g/mol. The fourth-order valence-electron chi connectivity index (χ4n) is 3.72. The van der Waals surface area contributed by atoms with Crippen LogP contribution in [0.1, 0.15) is 16.2 Å². The minimum Gasteiger partial charge on any atom is -0.376 e. The summed E-state index contributed by atoms with van der Waals surface area (Å²) in [5.41, 5.74) is 2.47. The second kappa shape index (κ2) is 8.40. The van der Waals surface area contributed by atoms with Crippen LogP contribution in [-0.2, 0) is 13.6 Å². The Labute approximate surface area is 193 Å². The number of aromatic nitrogens is 4. The van der Waals surface area contributed by atoms with E-state index in [-0.39, 0.29) is 11.5 Å². The summed E-state index contributed by atoms with van der Waals surface area (Å²) in [7, 11) is 1.68. The first-order valence-electron chi connectivity index (χ1n) is 10.2. The Kier molecular flexibility index (Phi) is 5.27. The molecule has 0 saturated heterocycles. The first kappa shape index (κ1) is 20.7. The van der Waals surface area contributed by atoms with Crippen molar-refractivity contribution in [2.24, 2.45) is 7.05 Å². The molecule has 33 heavy (non-hydrogen) atoms. The Balaban J connectivity index is 1.45. The maximum Gasteiger partial charge on any atom is 0.262 e. The molecule has 0 atom stereocenters. The lowest BCUT2D eigenvalue weighted by molar-refractivity contribution is 0.102. The van der Waals surface area contributed by atoms with Gasteiger partial charge in [-0.1, -0.05) is 35.9 Å². The molecule has 2 aromatic heterocycles. The van der Waals surface area contributed by atoms with Gasteiger partial charge in [-0.25, -0.2) is 0 Å². The zero-order valence-electron chi connectivity index (χ0n) is 17.6. The normalized spacial score (nSPS) is 11.1. The third-order valence-electron chi connectivity index (χ3n) is 5.41. The van der Waals surface area contributed by atoms with E-state index in [2.05, 4.69) is 20.8 Å². The van der Waals surface area contributed by atoms with Crippen molar-refractivity contribution in [3.8, 4) is 0 Å². The van der Waals surface area contributed by atoms with Gasteiger partial charge in [0.05, 0.1) is 28.8 Å². The van der Waals surface area contributed by atoms with Crippen LogP contribution >= 0.6 is 11.6 Å². The zero-order valence-corrected chi connectivity index (χ0v) is 18.4. The van der Waals surface area contributed by atoms with Crippen LogP contribution in [0.2, 0.25) is 5.02 Å². The molecular weight excluding hydrogens is 440 g/mol. The van der Waals surface area contributed by atoms with Crippen molar-refractivity contribution in [2.75, 3.05) is 10.6 Å². The van der Waals surface area contributed by atoms with E-state index in [0.717, 1.165) is 11.2 Å². The third-order valence-corrected chi connectivity index (χ3v) is 5.66.